The number of halogens is 1. The van der Waals surface area contributed by atoms with E-state index in [9.17, 15) is 14.0 Å². The number of aromatic nitrogens is 1. The summed E-state index contributed by atoms with van der Waals surface area (Å²) in [5, 5.41) is 2.79. The number of nitrogens with one attached hydrogen (secondary N) is 1. The van der Waals surface area contributed by atoms with Crippen molar-refractivity contribution < 1.29 is 14.0 Å². The second-order valence-corrected chi connectivity index (χ2v) is 9.54. The summed E-state index contributed by atoms with van der Waals surface area (Å²) in [6.07, 6.45) is 5.72. The van der Waals surface area contributed by atoms with Gasteiger partial charge in [-0.15, -0.1) is 0 Å². The van der Waals surface area contributed by atoms with Crippen LogP contribution in [0.2, 0.25) is 0 Å². The van der Waals surface area contributed by atoms with E-state index in [1.165, 1.54) is 13.0 Å². The summed E-state index contributed by atoms with van der Waals surface area (Å²) in [7, 11) is 2.09. The molecular formula is C26H33FN4O2. The maximum atomic E-state index is 14.1. The minimum Gasteiger partial charge on any atom is -0.351 e. The Balaban J connectivity index is 1.59. The Kier molecular flexibility index (Phi) is 7.08. The highest BCUT2D eigenvalue weighted by atomic mass is 19.1. The predicted octanol–water partition coefficient (Wildman–Crippen LogP) is 3.48. The number of hydrogen-bond acceptors (Lipinski definition) is 4. The first-order chi connectivity index (χ1) is 15.9. The second-order valence-electron chi connectivity index (χ2n) is 9.54. The summed E-state index contributed by atoms with van der Waals surface area (Å²) in [4.78, 5) is 34.1. The Morgan fingerprint density at radius 3 is 2.70 bits per heavy atom. The van der Waals surface area contributed by atoms with Crippen LogP contribution in [-0.4, -0.2) is 53.3 Å². The average molecular weight is 453 g/mol. The predicted molar refractivity (Wildman–Crippen MR) is 125 cm³/mol. The monoisotopic (exact) mass is 452 g/mol. The number of carbonyl (C=O) groups excluding carboxylic acids is 2. The molecule has 6 nitrogen and oxygen atoms in total. The summed E-state index contributed by atoms with van der Waals surface area (Å²) in [5.41, 5.74) is 2.21. The maximum Gasteiger partial charge on any atom is 0.229 e. The van der Waals surface area contributed by atoms with Gasteiger partial charge in [-0.2, -0.15) is 0 Å². The molecule has 1 atom stereocenters. The van der Waals surface area contributed by atoms with Gasteiger partial charge in [0, 0.05) is 19.7 Å². The Labute approximate surface area is 195 Å². The first-order valence-corrected chi connectivity index (χ1v) is 11.8. The number of likely N-dealkylation sites (tertiary alicyclic amines) is 2. The van der Waals surface area contributed by atoms with E-state index in [0.717, 1.165) is 62.1 Å². The molecule has 0 aliphatic carbocycles. The van der Waals surface area contributed by atoms with Crippen molar-refractivity contribution in [3.05, 3.63) is 65.2 Å². The van der Waals surface area contributed by atoms with Gasteiger partial charge in [-0.1, -0.05) is 12.1 Å². The fraction of sp³-hybridized carbons (Fsp3) is 0.500. The number of benzene rings is 1. The fourth-order valence-electron chi connectivity index (χ4n) is 5.23. The van der Waals surface area contributed by atoms with E-state index in [2.05, 4.69) is 22.2 Å². The van der Waals surface area contributed by atoms with Crippen molar-refractivity contribution in [2.75, 3.05) is 26.7 Å². The van der Waals surface area contributed by atoms with Crippen molar-refractivity contribution in [2.24, 2.45) is 5.41 Å². The van der Waals surface area contributed by atoms with Crippen LogP contribution in [0.1, 0.15) is 55.5 Å². The fourth-order valence-corrected chi connectivity index (χ4v) is 5.23. The highest BCUT2D eigenvalue weighted by Gasteiger charge is 2.46. The summed E-state index contributed by atoms with van der Waals surface area (Å²) in [5.74, 6) is -0.172. The van der Waals surface area contributed by atoms with Crippen molar-refractivity contribution in [3.8, 4) is 0 Å². The highest BCUT2D eigenvalue weighted by molar-refractivity contribution is 5.84. The third kappa shape index (κ3) is 5.41. The number of carbonyl (C=O) groups is 2. The van der Waals surface area contributed by atoms with Gasteiger partial charge in [0.15, 0.2) is 0 Å². The van der Waals surface area contributed by atoms with Gasteiger partial charge >= 0.3 is 0 Å². The zero-order valence-corrected chi connectivity index (χ0v) is 19.5. The molecule has 3 heterocycles. The van der Waals surface area contributed by atoms with E-state index in [-0.39, 0.29) is 23.7 Å². The lowest BCUT2D eigenvalue weighted by Crippen LogP contribution is -2.50. The first-order valence-electron chi connectivity index (χ1n) is 11.8. The molecule has 2 aliphatic rings. The van der Waals surface area contributed by atoms with E-state index >= 15 is 0 Å². The zero-order chi connectivity index (χ0) is 23.4. The third-order valence-electron chi connectivity index (χ3n) is 7.09. The number of pyridine rings is 1. The molecule has 2 aliphatic heterocycles. The number of amides is 2. The molecule has 7 heteroatoms. The molecule has 4 rings (SSSR count). The molecule has 0 bridgehead atoms. The molecular weight excluding hydrogens is 419 g/mol. The van der Waals surface area contributed by atoms with Gasteiger partial charge in [-0.25, -0.2) is 4.39 Å². The van der Waals surface area contributed by atoms with Crippen molar-refractivity contribution >= 4 is 11.8 Å². The molecule has 1 aromatic heterocycles. The minimum atomic E-state index is -0.519. The summed E-state index contributed by atoms with van der Waals surface area (Å²) in [6, 6.07) is 10.6. The average Bonchev–Trinajstić information content (AvgIpc) is 3.29. The Morgan fingerprint density at radius 1 is 1.18 bits per heavy atom. The molecule has 2 fully saturated rings. The standard InChI is InChI=1S/C26H33FN4O2/c1-19(32)29-18-23-16-21(8-11-28-23)24-7-4-12-31(24)25(33)26(9-13-30(2)14-10-26)17-20-5-3-6-22(27)15-20/h3,5-6,8,11,15-16,24H,4,7,9-10,12-14,17-18H2,1-2H3,(H,29,32)/t24-/m1/s1. The van der Waals surface area contributed by atoms with Crippen LogP contribution >= 0.6 is 0 Å². The van der Waals surface area contributed by atoms with Gasteiger partial charge in [0.2, 0.25) is 11.8 Å². The Bertz CT molecular complexity index is 1000. The minimum absolute atomic E-state index is 0.000573. The van der Waals surface area contributed by atoms with Gasteiger partial charge in [0.1, 0.15) is 5.82 Å². The molecule has 1 N–H and O–H groups in total. The molecule has 0 radical (unpaired) electrons. The van der Waals surface area contributed by atoms with E-state index in [0.29, 0.717) is 13.0 Å². The maximum absolute atomic E-state index is 14.1. The summed E-state index contributed by atoms with van der Waals surface area (Å²) < 4.78 is 13.9. The Morgan fingerprint density at radius 2 is 1.97 bits per heavy atom. The number of hydrogen-bond donors (Lipinski definition) is 1. The van der Waals surface area contributed by atoms with Crippen molar-refractivity contribution in [1.29, 1.82) is 0 Å². The topological polar surface area (TPSA) is 65.5 Å². The SMILES string of the molecule is CC(=O)NCc1cc([C@H]2CCCN2C(=O)C2(Cc3cccc(F)c3)CCN(C)CC2)ccn1. The summed E-state index contributed by atoms with van der Waals surface area (Å²) >= 11 is 0. The quantitative estimate of drug-likeness (QED) is 0.729. The molecule has 1 aromatic carbocycles. The van der Waals surface area contributed by atoms with Crippen LogP contribution in [0.3, 0.4) is 0 Å². The van der Waals surface area contributed by atoms with E-state index in [4.69, 9.17) is 0 Å². The Hall–Kier alpha value is -2.80. The largest absolute Gasteiger partial charge is 0.351 e. The highest BCUT2D eigenvalue weighted by Crippen LogP contribution is 2.42. The van der Waals surface area contributed by atoms with E-state index in [1.807, 2.05) is 23.1 Å². The second kappa shape index (κ2) is 10.00. The van der Waals surface area contributed by atoms with Crippen molar-refractivity contribution in [3.63, 3.8) is 0 Å². The van der Waals surface area contributed by atoms with Crippen LogP contribution < -0.4 is 5.32 Å². The van der Waals surface area contributed by atoms with Crippen LogP contribution in [0.25, 0.3) is 0 Å². The molecule has 2 aromatic rings. The van der Waals surface area contributed by atoms with Gasteiger partial charge < -0.3 is 15.1 Å². The molecule has 176 valence electrons. The lowest BCUT2D eigenvalue weighted by Gasteiger charge is -2.43. The zero-order valence-electron chi connectivity index (χ0n) is 19.5. The van der Waals surface area contributed by atoms with E-state index in [1.54, 1.807) is 18.3 Å². The number of nitrogens with zero attached hydrogens (tertiary/aromatic N) is 3. The van der Waals surface area contributed by atoms with Crippen LogP contribution in [0.4, 0.5) is 4.39 Å². The van der Waals surface area contributed by atoms with E-state index < -0.39 is 5.41 Å². The lowest BCUT2D eigenvalue weighted by atomic mass is 9.72. The number of piperidine rings is 1. The smallest absolute Gasteiger partial charge is 0.229 e. The van der Waals surface area contributed by atoms with Crippen LogP contribution in [0.15, 0.2) is 42.6 Å². The summed E-state index contributed by atoms with van der Waals surface area (Å²) in [6.45, 7) is 4.31. The van der Waals surface area contributed by atoms with Gasteiger partial charge in [0.25, 0.3) is 0 Å². The lowest BCUT2D eigenvalue weighted by molar-refractivity contribution is -0.146. The van der Waals surface area contributed by atoms with Crippen molar-refractivity contribution in [1.82, 2.24) is 20.1 Å². The molecule has 2 amide bonds. The van der Waals surface area contributed by atoms with Crippen LogP contribution in [0, 0.1) is 11.2 Å². The van der Waals surface area contributed by atoms with Gasteiger partial charge in [0.05, 0.1) is 23.7 Å². The molecule has 33 heavy (non-hydrogen) atoms. The molecule has 2 saturated heterocycles. The van der Waals surface area contributed by atoms with Crippen molar-refractivity contribution in [2.45, 2.75) is 51.6 Å². The molecule has 0 saturated carbocycles. The third-order valence-corrected chi connectivity index (χ3v) is 7.09. The first kappa shape index (κ1) is 23.4. The molecule has 0 spiro atoms. The number of rotatable bonds is 6. The molecule has 0 unspecified atom stereocenters. The van der Waals surface area contributed by atoms with Crippen LogP contribution in [-0.2, 0) is 22.6 Å². The van der Waals surface area contributed by atoms with Gasteiger partial charge in [-0.3, -0.25) is 14.6 Å². The normalized spacial score (nSPS) is 20.6. The van der Waals surface area contributed by atoms with Gasteiger partial charge in [-0.05, 0) is 87.6 Å². The van der Waals surface area contributed by atoms with Crippen LogP contribution in [0.5, 0.6) is 0 Å².